The Morgan fingerprint density at radius 1 is 1.17 bits per heavy atom. The molecule has 2 unspecified atom stereocenters. The van der Waals surface area contributed by atoms with E-state index < -0.39 is 17.5 Å². The smallest absolute Gasteiger partial charge is 0.336 e. The fraction of sp³-hybridized carbons (Fsp3) is 0.267. The van der Waals surface area contributed by atoms with Crippen molar-refractivity contribution < 1.29 is 15.0 Å². The van der Waals surface area contributed by atoms with Gasteiger partial charge >= 0.3 is 5.97 Å². The van der Waals surface area contributed by atoms with Gasteiger partial charge in [0.05, 0.1) is 0 Å². The first-order chi connectivity index (χ1) is 8.44. The molecule has 0 spiro atoms. The molecule has 2 aromatic carbocycles. The molecule has 94 valence electrons. The summed E-state index contributed by atoms with van der Waals surface area (Å²) in [4.78, 5) is 11.1. The van der Waals surface area contributed by atoms with Gasteiger partial charge in [0.2, 0.25) is 0 Å². The molecule has 0 radical (unpaired) electrons. The lowest BCUT2D eigenvalue weighted by molar-refractivity contribution is -0.158. The molecule has 0 aliphatic carbocycles. The lowest BCUT2D eigenvalue weighted by Crippen LogP contribution is -2.40. The van der Waals surface area contributed by atoms with Gasteiger partial charge < -0.3 is 10.2 Å². The molecule has 0 heterocycles. The van der Waals surface area contributed by atoms with E-state index in [4.69, 9.17) is 5.11 Å². The van der Waals surface area contributed by atoms with E-state index in [-0.39, 0.29) is 0 Å². The summed E-state index contributed by atoms with van der Waals surface area (Å²) in [5.41, 5.74) is -0.926. The lowest BCUT2D eigenvalue weighted by atomic mass is 9.82. The van der Waals surface area contributed by atoms with Gasteiger partial charge in [-0.1, -0.05) is 49.4 Å². The van der Waals surface area contributed by atoms with Crippen LogP contribution in [0.2, 0.25) is 0 Å². The molecule has 3 heteroatoms. The summed E-state index contributed by atoms with van der Waals surface area (Å²) in [6.45, 7) is 3.07. The summed E-state index contributed by atoms with van der Waals surface area (Å²) >= 11 is 0. The average Bonchev–Trinajstić information content (AvgIpc) is 2.37. The van der Waals surface area contributed by atoms with Crippen LogP contribution in [0.15, 0.2) is 42.5 Å². The fourth-order valence-corrected chi connectivity index (χ4v) is 2.12. The van der Waals surface area contributed by atoms with Crippen molar-refractivity contribution in [2.75, 3.05) is 0 Å². The summed E-state index contributed by atoms with van der Waals surface area (Å²) in [6.07, 6.45) is 0. The molecular weight excluding hydrogens is 228 g/mol. The van der Waals surface area contributed by atoms with Crippen LogP contribution in [0.25, 0.3) is 10.8 Å². The minimum Gasteiger partial charge on any atom is -0.479 e. The number of hydrogen-bond donors (Lipinski definition) is 2. The third kappa shape index (κ3) is 1.97. The number of hydrogen-bond acceptors (Lipinski definition) is 2. The highest BCUT2D eigenvalue weighted by molar-refractivity contribution is 5.87. The molecular formula is C15H16O3. The molecule has 0 aliphatic rings. The third-order valence-electron chi connectivity index (χ3n) is 3.57. The van der Waals surface area contributed by atoms with Crippen molar-refractivity contribution in [3.8, 4) is 0 Å². The van der Waals surface area contributed by atoms with E-state index in [0.717, 1.165) is 16.3 Å². The van der Waals surface area contributed by atoms with E-state index in [2.05, 4.69) is 0 Å². The van der Waals surface area contributed by atoms with Gasteiger partial charge in [-0.2, -0.15) is 0 Å². The SMILES string of the molecule is CC(c1cccc2ccccc12)C(C)(O)C(=O)O. The molecule has 18 heavy (non-hydrogen) atoms. The van der Waals surface area contributed by atoms with Crippen LogP contribution in [-0.2, 0) is 4.79 Å². The Labute approximate surface area is 106 Å². The highest BCUT2D eigenvalue weighted by atomic mass is 16.4. The second-order valence-corrected chi connectivity index (χ2v) is 4.74. The van der Waals surface area contributed by atoms with Gasteiger partial charge in [0.1, 0.15) is 0 Å². The van der Waals surface area contributed by atoms with E-state index in [1.807, 2.05) is 42.5 Å². The van der Waals surface area contributed by atoms with Crippen molar-refractivity contribution >= 4 is 16.7 Å². The Balaban J connectivity index is 2.58. The number of carbonyl (C=O) groups is 1. The zero-order chi connectivity index (χ0) is 13.3. The first kappa shape index (κ1) is 12.6. The molecule has 0 aliphatic heterocycles. The second-order valence-electron chi connectivity index (χ2n) is 4.74. The van der Waals surface area contributed by atoms with Gasteiger partial charge in [-0.05, 0) is 23.3 Å². The number of aliphatic carboxylic acids is 1. The van der Waals surface area contributed by atoms with Crippen LogP contribution in [0, 0.1) is 0 Å². The summed E-state index contributed by atoms with van der Waals surface area (Å²) in [7, 11) is 0. The molecule has 2 rings (SSSR count). The zero-order valence-corrected chi connectivity index (χ0v) is 10.4. The van der Waals surface area contributed by atoms with Crippen LogP contribution in [-0.4, -0.2) is 21.8 Å². The van der Waals surface area contributed by atoms with Gasteiger partial charge in [0.25, 0.3) is 0 Å². The number of rotatable bonds is 3. The van der Waals surface area contributed by atoms with Crippen molar-refractivity contribution in [2.45, 2.75) is 25.4 Å². The Bertz CT molecular complexity index is 582. The van der Waals surface area contributed by atoms with Crippen LogP contribution >= 0.6 is 0 Å². The number of aliphatic hydroxyl groups is 1. The van der Waals surface area contributed by atoms with Crippen LogP contribution in [0.5, 0.6) is 0 Å². The maximum atomic E-state index is 11.1. The van der Waals surface area contributed by atoms with E-state index in [1.54, 1.807) is 6.92 Å². The maximum absolute atomic E-state index is 11.1. The Hall–Kier alpha value is -1.87. The molecule has 3 nitrogen and oxygen atoms in total. The molecule has 0 fully saturated rings. The Morgan fingerprint density at radius 3 is 2.44 bits per heavy atom. The van der Waals surface area contributed by atoms with Crippen LogP contribution in [0.4, 0.5) is 0 Å². The quantitative estimate of drug-likeness (QED) is 0.872. The fourth-order valence-electron chi connectivity index (χ4n) is 2.12. The van der Waals surface area contributed by atoms with Crippen LogP contribution in [0.3, 0.4) is 0 Å². The Morgan fingerprint density at radius 2 is 1.78 bits per heavy atom. The van der Waals surface area contributed by atoms with Crippen molar-refractivity contribution in [1.82, 2.24) is 0 Å². The van der Waals surface area contributed by atoms with E-state index in [9.17, 15) is 9.90 Å². The van der Waals surface area contributed by atoms with Gasteiger partial charge in [-0.15, -0.1) is 0 Å². The number of fused-ring (bicyclic) bond motifs is 1. The predicted octanol–water partition coefficient (Wildman–Crippen LogP) is 2.78. The first-order valence-electron chi connectivity index (χ1n) is 5.88. The summed E-state index contributed by atoms with van der Waals surface area (Å²) < 4.78 is 0. The lowest BCUT2D eigenvalue weighted by Gasteiger charge is -2.27. The second kappa shape index (κ2) is 4.42. The zero-order valence-electron chi connectivity index (χ0n) is 10.4. The summed E-state index contributed by atoms with van der Waals surface area (Å²) in [5, 5.41) is 21.2. The highest BCUT2D eigenvalue weighted by Gasteiger charge is 2.37. The molecule has 0 bridgehead atoms. The maximum Gasteiger partial charge on any atom is 0.336 e. The standard InChI is InChI=1S/C15H16O3/c1-10(15(2,18)14(16)17)12-9-5-7-11-6-3-4-8-13(11)12/h3-10,18H,1-2H3,(H,16,17). The van der Waals surface area contributed by atoms with E-state index in [1.165, 1.54) is 6.92 Å². The van der Waals surface area contributed by atoms with Gasteiger partial charge in [0, 0.05) is 5.92 Å². The molecule has 0 aromatic heterocycles. The average molecular weight is 244 g/mol. The number of carboxylic acids is 1. The van der Waals surface area contributed by atoms with Crippen LogP contribution in [0.1, 0.15) is 25.3 Å². The normalized spacial score (nSPS) is 16.2. The summed E-state index contributed by atoms with van der Waals surface area (Å²) in [6, 6.07) is 13.5. The number of carboxylic acid groups (broad SMARTS) is 1. The van der Waals surface area contributed by atoms with Crippen molar-refractivity contribution in [3.63, 3.8) is 0 Å². The minimum absolute atomic E-state index is 0.485. The number of benzene rings is 2. The molecule has 2 N–H and O–H groups in total. The third-order valence-corrected chi connectivity index (χ3v) is 3.57. The minimum atomic E-state index is -1.77. The molecule has 0 saturated carbocycles. The van der Waals surface area contributed by atoms with Crippen molar-refractivity contribution in [2.24, 2.45) is 0 Å². The molecule has 0 saturated heterocycles. The largest absolute Gasteiger partial charge is 0.479 e. The topological polar surface area (TPSA) is 57.5 Å². The monoisotopic (exact) mass is 244 g/mol. The predicted molar refractivity (Wildman–Crippen MR) is 70.6 cm³/mol. The van der Waals surface area contributed by atoms with E-state index in [0.29, 0.717) is 0 Å². The van der Waals surface area contributed by atoms with Gasteiger partial charge in [-0.3, -0.25) is 0 Å². The van der Waals surface area contributed by atoms with Gasteiger partial charge in [-0.25, -0.2) is 4.79 Å². The highest BCUT2D eigenvalue weighted by Crippen LogP contribution is 2.33. The van der Waals surface area contributed by atoms with E-state index >= 15 is 0 Å². The Kier molecular flexibility index (Phi) is 3.09. The molecule has 2 atom stereocenters. The van der Waals surface area contributed by atoms with Crippen molar-refractivity contribution in [3.05, 3.63) is 48.0 Å². The van der Waals surface area contributed by atoms with Crippen LogP contribution < -0.4 is 0 Å². The molecule has 0 amide bonds. The van der Waals surface area contributed by atoms with Crippen molar-refractivity contribution in [1.29, 1.82) is 0 Å². The van der Waals surface area contributed by atoms with Gasteiger partial charge in [0.15, 0.2) is 5.60 Å². The first-order valence-corrected chi connectivity index (χ1v) is 5.88. The summed E-state index contributed by atoms with van der Waals surface area (Å²) in [5.74, 6) is -1.69. The molecule has 2 aromatic rings.